The molecule has 0 aliphatic rings. The lowest BCUT2D eigenvalue weighted by atomic mass is 10.2. The van der Waals surface area contributed by atoms with Crippen LogP contribution in [-0.2, 0) is 11.3 Å². The Morgan fingerprint density at radius 2 is 1.88 bits per heavy atom. The summed E-state index contributed by atoms with van der Waals surface area (Å²) in [5, 5.41) is 11.7. The van der Waals surface area contributed by atoms with Crippen LogP contribution in [-0.4, -0.2) is 31.2 Å². The molecule has 4 aromatic rings. The number of aromatic nitrogens is 4. The van der Waals surface area contributed by atoms with E-state index in [1.807, 2.05) is 59.0 Å². The summed E-state index contributed by atoms with van der Waals surface area (Å²) in [6.07, 6.45) is 1.67. The number of fused-ring (bicyclic) bond motifs is 3. The van der Waals surface area contributed by atoms with Crippen molar-refractivity contribution in [3.8, 4) is 0 Å². The van der Waals surface area contributed by atoms with Crippen LogP contribution >= 0.6 is 11.8 Å². The number of benzene rings is 2. The largest absolute Gasteiger partial charge is 0.351 e. The minimum atomic E-state index is -0.0403. The molecule has 1 N–H and O–H groups in total. The Morgan fingerprint density at radius 3 is 2.76 bits per heavy atom. The molecule has 2 heterocycles. The van der Waals surface area contributed by atoms with Gasteiger partial charge in [-0.1, -0.05) is 54.2 Å². The highest BCUT2D eigenvalue weighted by Gasteiger charge is 2.12. The lowest BCUT2D eigenvalue weighted by Crippen LogP contribution is -2.24. The summed E-state index contributed by atoms with van der Waals surface area (Å²) >= 11 is 1.37. The molecule has 124 valence electrons. The van der Waals surface area contributed by atoms with Gasteiger partial charge in [-0.05, 0) is 17.7 Å². The molecule has 0 aliphatic heterocycles. The number of nitrogens with zero attached hydrogens (tertiary/aromatic N) is 4. The average Bonchev–Trinajstić information content (AvgIpc) is 3.15. The maximum atomic E-state index is 12.1. The fraction of sp³-hybridized carbons (Fsp3) is 0.111. The van der Waals surface area contributed by atoms with Gasteiger partial charge in [0.05, 0.1) is 16.8 Å². The fourth-order valence-electron chi connectivity index (χ4n) is 2.56. The Hall–Kier alpha value is -2.93. The number of carbonyl (C=O) groups excluding carboxylic acids is 1. The molecular formula is C18H15N5OS. The second-order valence-corrected chi connectivity index (χ2v) is 6.45. The number of carbonyl (C=O) groups is 1. The van der Waals surface area contributed by atoms with Crippen molar-refractivity contribution in [2.45, 2.75) is 11.6 Å². The summed E-state index contributed by atoms with van der Waals surface area (Å²) in [6.45, 7) is 0.520. The van der Waals surface area contributed by atoms with Gasteiger partial charge in [-0.25, -0.2) is 4.98 Å². The van der Waals surface area contributed by atoms with Gasteiger partial charge in [0.15, 0.2) is 5.65 Å². The Morgan fingerprint density at radius 1 is 1.08 bits per heavy atom. The molecule has 2 aromatic heterocycles. The van der Waals surface area contributed by atoms with Crippen LogP contribution < -0.4 is 5.32 Å². The maximum absolute atomic E-state index is 12.1. The van der Waals surface area contributed by atoms with Gasteiger partial charge in [0, 0.05) is 6.54 Å². The third-order valence-electron chi connectivity index (χ3n) is 3.77. The summed E-state index contributed by atoms with van der Waals surface area (Å²) in [5.74, 6) is 0.238. The van der Waals surface area contributed by atoms with Crippen molar-refractivity contribution >= 4 is 34.3 Å². The number of thioether (sulfide) groups is 1. The zero-order valence-electron chi connectivity index (χ0n) is 13.3. The van der Waals surface area contributed by atoms with E-state index in [-0.39, 0.29) is 11.7 Å². The zero-order chi connectivity index (χ0) is 17.1. The van der Waals surface area contributed by atoms with E-state index >= 15 is 0 Å². The minimum Gasteiger partial charge on any atom is -0.351 e. The monoisotopic (exact) mass is 349 g/mol. The smallest absolute Gasteiger partial charge is 0.230 e. The molecule has 0 unspecified atom stereocenters. The normalized spacial score (nSPS) is 11.0. The fourth-order valence-corrected chi connectivity index (χ4v) is 3.36. The van der Waals surface area contributed by atoms with E-state index in [0.29, 0.717) is 17.2 Å². The predicted molar refractivity (Wildman–Crippen MR) is 97.3 cm³/mol. The second kappa shape index (κ2) is 6.90. The quantitative estimate of drug-likeness (QED) is 0.561. The Bertz CT molecular complexity index is 1030. The van der Waals surface area contributed by atoms with E-state index in [1.165, 1.54) is 11.8 Å². The van der Waals surface area contributed by atoms with E-state index in [2.05, 4.69) is 20.5 Å². The van der Waals surface area contributed by atoms with Crippen LogP contribution in [0.3, 0.4) is 0 Å². The third-order valence-corrected chi connectivity index (χ3v) is 4.73. The van der Waals surface area contributed by atoms with Crippen molar-refractivity contribution in [2.24, 2.45) is 0 Å². The molecule has 0 bridgehead atoms. The summed E-state index contributed by atoms with van der Waals surface area (Å²) in [4.78, 5) is 16.8. The highest BCUT2D eigenvalue weighted by atomic mass is 32.2. The van der Waals surface area contributed by atoms with Crippen molar-refractivity contribution < 1.29 is 4.79 Å². The van der Waals surface area contributed by atoms with E-state index in [4.69, 9.17) is 0 Å². The van der Waals surface area contributed by atoms with Gasteiger partial charge < -0.3 is 5.32 Å². The van der Waals surface area contributed by atoms with E-state index < -0.39 is 0 Å². The molecule has 7 heteroatoms. The van der Waals surface area contributed by atoms with Crippen LogP contribution in [0.5, 0.6) is 0 Å². The lowest BCUT2D eigenvalue weighted by molar-refractivity contribution is -0.118. The van der Waals surface area contributed by atoms with E-state index in [9.17, 15) is 4.79 Å². The molecule has 1 amide bonds. The highest BCUT2D eigenvalue weighted by molar-refractivity contribution is 8.00. The van der Waals surface area contributed by atoms with Gasteiger partial charge in [-0.2, -0.15) is 0 Å². The van der Waals surface area contributed by atoms with E-state index in [0.717, 1.165) is 16.6 Å². The molecule has 0 saturated heterocycles. The maximum Gasteiger partial charge on any atom is 0.230 e. The topological polar surface area (TPSA) is 72.2 Å². The van der Waals surface area contributed by atoms with Gasteiger partial charge in [-0.15, -0.1) is 10.2 Å². The molecular weight excluding hydrogens is 334 g/mol. The van der Waals surface area contributed by atoms with Crippen molar-refractivity contribution in [3.05, 3.63) is 66.5 Å². The molecule has 4 rings (SSSR count). The van der Waals surface area contributed by atoms with Crippen molar-refractivity contribution in [1.29, 1.82) is 0 Å². The first-order valence-electron chi connectivity index (χ1n) is 7.83. The van der Waals surface area contributed by atoms with Crippen molar-refractivity contribution in [3.63, 3.8) is 0 Å². The Balaban J connectivity index is 1.48. The molecule has 0 saturated carbocycles. The van der Waals surface area contributed by atoms with Crippen LogP contribution in [0.15, 0.2) is 66.0 Å². The standard InChI is InChI=1S/C18H15N5OS/c24-16(19-10-13-6-2-1-3-7-13)11-25-18-17-22-20-12-23(17)15-9-5-4-8-14(15)21-18/h1-9,12H,10-11H2,(H,19,24). The first kappa shape index (κ1) is 15.6. The minimum absolute atomic E-state index is 0.0403. The number of rotatable bonds is 5. The van der Waals surface area contributed by atoms with Gasteiger partial charge in [0.2, 0.25) is 5.91 Å². The molecule has 0 fully saturated rings. The third kappa shape index (κ3) is 3.32. The molecule has 0 spiro atoms. The second-order valence-electron chi connectivity index (χ2n) is 5.48. The summed E-state index contributed by atoms with van der Waals surface area (Å²) in [6, 6.07) is 17.6. The Kier molecular flexibility index (Phi) is 4.30. The van der Waals surface area contributed by atoms with Gasteiger partial charge in [-0.3, -0.25) is 9.20 Å². The van der Waals surface area contributed by atoms with Crippen LogP contribution in [0.1, 0.15) is 5.56 Å². The molecule has 0 aliphatic carbocycles. The van der Waals surface area contributed by atoms with E-state index in [1.54, 1.807) is 6.33 Å². The molecule has 25 heavy (non-hydrogen) atoms. The first-order valence-corrected chi connectivity index (χ1v) is 8.82. The van der Waals surface area contributed by atoms with Crippen molar-refractivity contribution in [2.75, 3.05) is 5.75 Å². The SMILES string of the molecule is O=C(CSc1nc2ccccc2n2cnnc12)NCc1ccccc1. The predicted octanol–water partition coefficient (Wildman–Crippen LogP) is 2.69. The van der Waals surface area contributed by atoms with Crippen molar-refractivity contribution in [1.82, 2.24) is 24.9 Å². The van der Waals surface area contributed by atoms with Gasteiger partial charge in [0.25, 0.3) is 0 Å². The summed E-state index contributed by atoms with van der Waals surface area (Å²) in [7, 11) is 0. The summed E-state index contributed by atoms with van der Waals surface area (Å²) < 4.78 is 1.90. The first-order chi connectivity index (χ1) is 12.3. The lowest BCUT2D eigenvalue weighted by Gasteiger charge is -2.07. The van der Waals surface area contributed by atoms with Gasteiger partial charge in [0.1, 0.15) is 11.4 Å². The number of para-hydroxylation sites is 2. The number of hydrogen-bond acceptors (Lipinski definition) is 5. The molecule has 6 nitrogen and oxygen atoms in total. The molecule has 0 atom stereocenters. The van der Waals surface area contributed by atoms with Gasteiger partial charge >= 0.3 is 0 Å². The van der Waals surface area contributed by atoms with Crippen LogP contribution in [0.4, 0.5) is 0 Å². The number of amides is 1. The van der Waals surface area contributed by atoms with Crippen LogP contribution in [0.2, 0.25) is 0 Å². The summed E-state index contributed by atoms with van der Waals surface area (Å²) in [5.41, 5.74) is 3.53. The highest BCUT2D eigenvalue weighted by Crippen LogP contribution is 2.24. The number of hydrogen-bond donors (Lipinski definition) is 1. The zero-order valence-corrected chi connectivity index (χ0v) is 14.1. The number of nitrogens with one attached hydrogen (secondary N) is 1. The Labute approximate surface area is 148 Å². The van der Waals surface area contributed by atoms with Crippen LogP contribution in [0, 0.1) is 0 Å². The molecule has 0 radical (unpaired) electrons. The average molecular weight is 349 g/mol. The molecule has 2 aromatic carbocycles. The van der Waals surface area contributed by atoms with Crippen LogP contribution in [0.25, 0.3) is 16.7 Å².